The number of nitro groups is 1. The predicted octanol–water partition coefficient (Wildman–Crippen LogP) is 3.70. The number of alkyl halides is 3. The number of hydrogen-bond donors (Lipinski definition) is 0. The zero-order chi connectivity index (χ0) is 20.6. The first-order chi connectivity index (χ1) is 13.1. The van der Waals surface area contributed by atoms with Gasteiger partial charge >= 0.3 is 12.1 Å². The fourth-order valence-corrected chi connectivity index (χ4v) is 2.71. The van der Waals surface area contributed by atoms with Crippen LogP contribution in [-0.2, 0) is 10.9 Å². The van der Waals surface area contributed by atoms with Crippen LogP contribution in [0.5, 0.6) is 0 Å². The van der Waals surface area contributed by atoms with Crippen molar-refractivity contribution in [2.24, 2.45) is 0 Å². The van der Waals surface area contributed by atoms with Crippen LogP contribution >= 0.6 is 0 Å². The number of halogens is 3. The third-order valence-electron chi connectivity index (χ3n) is 4.08. The van der Waals surface area contributed by atoms with Gasteiger partial charge in [-0.05, 0) is 30.3 Å². The average Bonchev–Trinajstić information content (AvgIpc) is 2.67. The van der Waals surface area contributed by atoms with Crippen molar-refractivity contribution in [3.8, 4) is 5.69 Å². The van der Waals surface area contributed by atoms with E-state index >= 15 is 0 Å². The number of fused-ring (bicyclic) bond motifs is 1. The third kappa shape index (κ3) is 3.31. The number of carbonyl (C=O) groups excluding carboxylic acids is 1. The van der Waals surface area contributed by atoms with E-state index in [1.54, 1.807) is 0 Å². The van der Waals surface area contributed by atoms with Crippen LogP contribution in [0.2, 0.25) is 0 Å². The molecule has 3 aromatic rings. The van der Waals surface area contributed by atoms with Gasteiger partial charge in [-0.25, -0.2) is 4.79 Å². The lowest BCUT2D eigenvalue weighted by atomic mass is 10.1. The van der Waals surface area contributed by atoms with E-state index in [-0.39, 0.29) is 27.8 Å². The van der Waals surface area contributed by atoms with E-state index in [9.17, 15) is 32.9 Å². The molecule has 1 heterocycles. The van der Waals surface area contributed by atoms with Gasteiger partial charge in [-0.1, -0.05) is 0 Å². The highest BCUT2D eigenvalue weighted by molar-refractivity contribution is 5.94. The lowest BCUT2D eigenvalue weighted by molar-refractivity contribution is -0.384. The Hall–Kier alpha value is -3.69. The van der Waals surface area contributed by atoms with Crippen molar-refractivity contribution in [1.29, 1.82) is 0 Å². The van der Waals surface area contributed by atoms with Crippen LogP contribution in [0.3, 0.4) is 0 Å². The highest BCUT2D eigenvalue weighted by Crippen LogP contribution is 2.31. The number of carbonyl (C=O) groups is 1. The van der Waals surface area contributed by atoms with E-state index in [2.05, 4.69) is 4.74 Å². The number of hydrogen-bond acceptors (Lipinski definition) is 5. The normalized spacial score (nSPS) is 11.4. The van der Waals surface area contributed by atoms with Crippen LogP contribution in [0, 0.1) is 10.1 Å². The predicted molar refractivity (Wildman–Crippen MR) is 92.5 cm³/mol. The minimum atomic E-state index is -4.65. The summed E-state index contributed by atoms with van der Waals surface area (Å²) in [5.74, 6) is -0.956. The molecule has 0 amide bonds. The summed E-state index contributed by atoms with van der Waals surface area (Å²) in [6.45, 7) is 0. The van der Waals surface area contributed by atoms with E-state index in [0.29, 0.717) is 0 Å². The van der Waals surface area contributed by atoms with E-state index < -0.39 is 28.1 Å². The number of ether oxygens (including phenoxy) is 1. The molecule has 0 atom stereocenters. The average molecular weight is 392 g/mol. The highest BCUT2D eigenvalue weighted by atomic mass is 19.4. The monoisotopic (exact) mass is 392 g/mol. The maximum Gasteiger partial charge on any atom is 0.416 e. The molecule has 0 aliphatic carbocycles. The van der Waals surface area contributed by atoms with Gasteiger partial charge in [0, 0.05) is 29.4 Å². The van der Waals surface area contributed by atoms with Gasteiger partial charge < -0.3 is 9.30 Å². The van der Waals surface area contributed by atoms with Crippen LogP contribution in [0.4, 0.5) is 18.9 Å². The van der Waals surface area contributed by atoms with Crippen molar-refractivity contribution in [3.05, 3.63) is 80.1 Å². The second kappa shape index (κ2) is 6.80. The van der Waals surface area contributed by atoms with Gasteiger partial charge in [0.2, 0.25) is 5.43 Å². The lowest BCUT2D eigenvalue weighted by Gasteiger charge is -2.15. The van der Waals surface area contributed by atoms with Crippen molar-refractivity contribution in [2.75, 3.05) is 7.11 Å². The van der Waals surface area contributed by atoms with E-state index in [1.807, 2.05) is 0 Å². The van der Waals surface area contributed by atoms with Crippen LogP contribution in [0.15, 0.2) is 53.5 Å². The maximum atomic E-state index is 13.1. The van der Waals surface area contributed by atoms with Gasteiger partial charge in [-0.2, -0.15) is 13.2 Å². The number of benzene rings is 2. The fourth-order valence-electron chi connectivity index (χ4n) is 2.71. The van der Waals surface area contributed by atoms with Gasteiger partial charge in [0.25, 0.3) is 5.69 Å². The molecule has 28 heavy (non-hydrogen) atoms. The Labute approximate surface area is 154 Å². The number of rotatable bonds is 3. The lowest BCUT2D eigenvalue weighted by Crippen LogP contribution is -2.20. The van der Waals surface area contributed by atoms with Gasteiger partial charge in [-0.15, -0.1) is 0 Å². The molecule has 0 spiro atoms. The Balaban J connectivity index is 2.37. The number of non-ortho nitro benzene ring substituents is 1. The SMILES string of the molecule is COC(=O)c1cn(-c2ccc([N+](=O)[O-])cc2)c2cc(C(F)(F)F)ccc2c1=O. The molecule has 10 heteroatoms. The zero-order valence-electron chi connectivity index (χ0n) is 14.2. The number of nitro benzene ring substituents is 1. The van der Waals surface area contributed by atoms with Crippen LogP contribution < -0.4 is 5.43 Å². The Bertz CT molecular complexity index is 1150. The van der Waals surface area contributed by atoms with Gasteiger partial charge in [-0.3, -0.25) is 14.9 Å². The summed E-state index contributed by atoms with van der Waals surface area (Å²) in [6.07, 6.45) is -3.59. The van der Waals surface area contributed by atoms with Crippen molar-refractivity contribution < 1.29 is 27.6 Å². The summed E-state index contributed by atoms with van der Waals surface area (Å²) in [5.41, 5.74) is -2.26. The summed E-state index contributed by atoms with van der Waals surface area (Å²) < 4.78 is 45.1. The quantitative estimate of drug-likeness (QED) is 0.385. The summed E-state index contributed by atoms with van der Waals surface area (Å²) in [5, 5.41) is 10.7. The molecule has 0 aliphatic heterocycles. The first-order valence-electron chi connectivity index (χ1n) is 7.73. The van der Waals surface area contributed by atoms with Gasteiger partial charge in [0.15, 0.2) is 0 Å². The molecule has 1 aromatic heterocycles. The molecule has 144 valence electrons. The van der Waals surface area contributed by atoms with Gasteiger partial charge in [0.05, 0.1) is 23.1 Å². The van der Waals surface area contributed by atoms with Crippen molar-refractivity contribution >= 4 is 22.6 Å². The number of nitrogens with zero attached hydrogens (tertiary/aromatic N) is 2. The molecule has 0 fully saturated rings. The second-order valence-electron chi connectivity index (χ2n) is 5.74. The number of methoxy groups -OCH3 is 1. The Morgan fingerprint density at radius 1 is 1.14 bits per heavy atom. The Morgan fingerprint density at radius 2 is 1.79 bits per heavy atom. The molecule has 0 bridgehead atoms. The molecule has 0 radical (unpaired) electrons. The van der Waals surface area contributed by atoms with E-state index in [0.717, 1.165) is 43.6 Å². The number of pyridine rings is 1. The Morgan fingerprint density at radius 3 is 2.32 bits per heavy atom. The molecule has 0 saturated carbocycles. The molecule has 2 aromatic carbocycles. The zero-order valence-corrected chi connectivity index (χ0v) is 14.2. The first kappa shape index (κ1) is 19.1. The fraction of sp³-hybridized carbons (Fsp3) is 0.111. The van der Waals surface area contributed by atoms with Gasteiger partial charge in [0.1, 0.15) is 5.56 Å². The van der Waals surface area contributed by atoms with Crippen LogP contribution in [0.1, 0.15) is 15.9 Å². The topological polar surface area (TPSA) is 91.4 Å². The van der Waals surface area contributed by atoms with Crippen molar-refractivity contribution in [1.82, 2.24) is 4.57 Å². The summed E-state index contributed by atoms with van der Waals surface area (Å²) in [6, 6.07) is 7.40. The molecular formula is C18H11F3N2O5. The smallest absolute Gasteiger partial charge is 0.416 e. The maximum absolute atomic E-state index is 13.1. The van der Waals surface area contributed by atoms with E-state index in [1.165, 1.54) is 16.7 Å². The molecule has 7 nitrogen and oxygen atoms in total. The summed E-state index contributed by atoms with van der Waals surface area (Å²) in [4.78, 5) is 34.6. The largest absolute Gasteiger partial charge is 0.465 e. The number of esters is 1. The first-order valence-corrected chi connectivity index (χ1v) is 7.73. The van der Waals surface area contributed by atoms with Crippen LogP contribution in [-0.4, -0.2) is 22.6 Å². The van der Waals surface area contributed by atoms with Crippen LogP contribution in [0.25, 0.3) is 16.6 Å². The summed E-state index contributed by atoms with van der Waals surface area (Å²) in [7, 11) is 1.06. The Kier molecular flexibility index (Phi) is 4.63. The summed E-state index contributed by atoms with van der Waals surface area (Å²) >= 11 is 0. The molecule has 0 saturated heterocycles. The standard InChI is InChI=1S/C18H11F3N2O5/c1-28-17(25)14-9-22(11-3-5-12(6-4-11)23(26)27)15-8-10(18(19,20)21)2-7-13(15)16(14)24/h2-9H,1H3. The van der Waals surface area contributed by atoms with Crippen molar-refractivity contribution in [3.63, 3.8) is 0 Å². The highest BCUT2D eigenvalue weighted by Gasteiger charge is 2.31. The number of aromatic nitrogens is 1. The molecule has 0 N–H and O–H groups in total. The minimum absolute atomic E-state index is 0.110. The molecule has 3 rings (SSSR count). The third-order valence-corrected chi connectivity index (χ3v) is 4.08. The minimum Gasteiger partial charge on any atom is -0.465 e. The van der Waals surface area contributed by atoms with E-state index in [4.69, 9.17) is 0 Å². The second-order valence-corrected chi connectivity index (χ2v) is 5.74. The molecule has 0 unspecified atom stereocenters. The van der Waals surface area contributed by atoms with Crippen molar-refractivity contribution in [2.45, 2.75) is 6.18 Å². The molecular weight excluding hydrogens is 381 g/mol. The molecule has 0 aliphatic rings.